The molecule has 0 saturated carbocycles. The fourth-order valence-electron chi connectivity index (χ4n) is 0.424. The zero-order valence-corrected chi connectivity index (χ0v) is 10.9. The van der Waals surface area contributed by atoms with E-state index in [2.05, 4.69) is 12.6 Å². The Labute approximate surface area is 109 Å². The summed E-state index contributed by atoms with van der Waals surface area (Å²) in [7, 11) is 0. The van der Waals surface area contributed by atoms with Crippen molar-refractivity contribution in [2.75, 3.05) is 23.9 Å². The number of aliphatic hydroxyl groups is 1. The van der Waals surface area contributed by atoms with Crippen LogP contribution in [0.3, 0.4) is 0 Å². The van der Waals surface area contributed by atoms with Crippen LogP contribution in [0.1, 0.15) is 0 Å². The molecule has 0 aromatic carbocycles. The first-order chi connectivity index (χ1) is 7.86. The number of rotatable bonds is 7. The lowest BCUT2D eigenvalue weighted by molar-refractivity contribution is -0.138. The van der Waals surface area contributed by atoms with Crippen LogP contribution in [0.15, 0.2) is 0 Å². The summed E-state index contributed by atoms with van der Waals surface area (Å²) in [6.45, 7) is 0.0665. The van der Waals surface area contributed by atoms with Crippen molar-refractivity contribution in [1.82, 2.24) is 0 Å². The number of carboxylic acid groups (broad SMARTS) is 2. The number of hydrogen-bond donors (Lipinski definition) is 6. The van der Waals surface area contributed by atoms with Gasteiger partial charge in [0.1, 0.15) is 12.1 Å². The standard InChI is InChI=1S/C5H11NO3S.C3H7NO2S/c6-4(5(8)9)3-10-2-1-7;4-2(1-7)3(5)6/h4,7H,1-3,6H2,(H,8,9);2,7H,1,4H2,(H,5,6)/t4-;2-/m00/s1. The predicted octanol–water partition coefficient (Wildman–Crippen LogP) is -1.55. The molecule has 9 heteroatoms. The van der Waals surface area contributed by atoms with Crippen molar-refractivity contribution < 1.29 is 24.9 Å². The van der Waals surface area contributed by atoms with Gasteiger partial charge >= 0.3 is 11.9 Å². The average molecular weight is 286 g/mol. The number of aliphatic carboxylic acids is 2. The van der Waals surface area contributed by atoms with Crippen molar-refractivity contribution in [2.45, 2.75) is 12.1 Å². The van der Waals surface area contributed by atoms with Gasteiger partial charge in [0.2, 0.25) is 0 Å². The lowest BCUT2D eigenvalue weighted by atomic mass is 10.4. The van der Waals surface area contributed by atoms with Crippen LogP contribution in [0.4, 0.5) is 0 Å². The highest BCUT2D eigenvalue weighted by Crippen LogP contribution is 1.99. The molecule has 0 bridgehead atoms. The van der Waals surface area contributed by atoms with Gasteiger partial charge in [-0.2, -0.15) is 24.4 Å². The first-order valence-corrected chi connectivity index (χ1v) is 6.41. The molecule has 102 valence electrons. The molecule has 0 radical (unpaired) electrons. The van der Waals surface area contributed by atoms with Crippen molar-refractivity contribution in [3.63, 3.8) is 0 Å². The van der Waals surface area contributed by atoms with Crippen molar-refractivity contribution in [1.29, 1.82) is 0 Å². The second-order valence-electron chi connectivity index (χ2n) is 2.87. The fourth-order valence-corrected chi connectivity index (χ4v) is 1.27. The lowest BCUT2D eigenvalue weighted by Gasteiger charge is -2.03. The maximum atomic E-state index is 10.1. The Hall–Kier alpha value is -0.480. The van der Waals surface area contributed by atoms with Gasteiger partial charge in [0.05, 0.1) is 6.61 Å². The number of carbonyl (C=O) groups is 2. The van der Waals surface area contributed by atoms with Gasteiger partial charge in [0.15, 0.2) is 0 Å². The molecule has 0 unspecified atom stereocenters. The number of carboxylic acids is 2. The summed E-state index contributed by atoms with van der Waals surface area (Å²) < 4.78 is 0. The molecule has 7 nitrogen and oxygen atoms in total. The number of nitrogens with two attached hydrogens (primary N) is 2. The second-order valence-corrected chi connectivity index (χ2v) is 4.39. The molecule has 0 aliphatic heterocycles. The van der Waals surface area contributed by atoms with Crippen molar-refractivity contribution in [3.8, 4) is 0 Å². The van der Waals surface area contributed by atoms with Gasteiger partial charge in [-0.25, -0.2) is 0 Å². The molecule has 0 spiro atoms. The number of thioether (sulfide) groups is 1. The SMILES string of the molecule is N[C@@H](CS)C(=O)O.N[C@@H](CSCCO)C(=O)O. The summed E-state index contributed by atoms with van der Waals surface area (Å²) in [4.78, 5) is 19.8. The summed E-state index contributed by atoms with van der Waals surface area (Å²) in [5.41, 5.74) is 10.1. The molecule has 7 N–H and O–H groups in total. The molecule has 0 rings (SSSR count). The van der Waals surface area contributed by atoms with Gasteiger partial charge < -0.3 is 26.8 Å². The molecule has 0 amide bonds. The first kappa shape index (κ1) is 18.9. The van der Waals surface area contributed by atoms with Gasteiger partial charge in [0, 0.05) is 17.3 Å². The number of aliphatic hydroxyl groups excluding tert-OH is 1. The summed E-state index contributed by atoms with van der Waals surface area (Å²) in [5.74, 6) is -0.910. The highest BCUT2D eigenvalue weighted by molar-refractivity contribution is 7.99. The van der Waals surface area contributed by atoms with Crippen LogP contribution >= 0.6 is 24.4 Å². The molecule has 2 atom stereocenters. The van der Waals surface area contributed by atoms with E-state index in [4.69, 9.17) is 26.8 Å². The van der Waals surface area contributed by atoms with E-state index in [1.54, 1.807) is 0 Å². The summed E-state index contributed by atoms with van der Waals surface area (Å²) in [5, 5.41) is 24.6. The third-order valence-corrected chi connectivity index (χ3v) is 2.82. The van der Waals surface area contributed by atoms with Gasteiger partial charge in [-0.15, -0.1) is 0 Å². The lowest BCUT2D eigenvalue weighted by Crippen LogP contribution is -2.32. The third kappa shape index (κ3) is 13.5. The predicted molar refractivity (Wildman–Crippen MR) is 69.5 cm³/mol. The Bertz CT molecular complexity index is 230. The largest absolute Gasteiger partial charge is 0.480 e. The first-order valence-electron chi connectivity index (χ1n) is 4.63. The molecule has 0 aromatic heterocycles. The van der Waals surface area contributed by atoms with Crippen LogP contribution in [-0.2, 0) is 9.59 Å². The Morgan fingerprint density at radius 2 is 1.65 bits per heavy atom. The summed E-state index contributed by atoms with van der Waals surface area (Å²) in [6.07, 6.45) is 0. The van der Waals surface area contributed by atoms with Gasteiger partial charge in [-0.05, 0) is 0 Å². The van der Waals surface area contributed by atoms with E-state index in [-0.39, 0.29) is 12.4 Å². The van der Waals surface area contributed by atoms with Gasteiger partial charge in [-0.3, -0.25) is 9.59 Å². The summed E-state index contributed by atoms with van der Waals surface area (Å²) >= 11 is 4.98. The van der Waals surface area contributed by atoms with E-state index in [9.17, 15) is 9.59 Å². The Balaban J connectivity index is 0. The Morgan fingerprint density at radius 3 is 1.88 bits per heavy atom. The molecule has 17 heavy (non-hydrogen) atoms. The van der Waals surface area contributed by atoms with E-state index in [1.807, 2.05) is 0 Å². The van der Waals surface area contributed by atoms with E-state index in [0.717, 1.165) is 0 Å². The zero-order chi connectivity index (χ0) is 13.8. The molecule has 0 aromatic rings. The maximum absolute atomic E-state index is 10.1. The molecule has 0 aliphatic carbocycles. The fraction of sp³-hybridized carbons (Fsp3) is 0.750. The maximum Gasteiger partial charge on any atom is 0.321 e. The number of hydrogen-bond acceptors (Lipinski definition) is 7. The monoisotopic (exact) mass is 286 g/mol. The summed E-state index contributed by atoms with van der Waals surface area (Å²) in [6, 6.07) is -1.63. The zero-order valence-electron chi connectivity index (χ0n) is 9.15. The molecule has 0 aliphatic rings. The smallest absolute Gasteiger partial charge is 0.321 e. The van der Waals surface area contributed by atoms with Crippen LogP contribution in [0.2, 0.25) is 0 Å². The van der Waals surface area contributed by atoms with Crippen LogP contribution in [0, 0.1) is 0 Å². The van der Waals surface area contributed by atoms with Crippen molar-refractivity contribution >= 4 is 36.3 Å². The number of thiol groups is 1. The minimum Gasteiger partial charge on any atom is -0.480 e. The van der Waals surface area contributed by atoms with E-state index < -0.39 is 24.0 Å². The molecular formula is C8H18N2O5S2. The van der Waals surface area contributed by atoms with Crippen molar-refractivity contribution in [2.24, 2.45) is 11.5 Å². The van der Waals surface area contributed by atoms with Crippen LogP contribution in [0.25, 0.3) is 0 Å². The highest BCUT2D eigenvalue weighted by Gasteiger charge is 2.09. The second kappa shape index (κ2) is 12.0. The normalized spacial score (nSPS) is 13.2. The van der Waals surface area contributed by atoms with E-state index in [1.165, 1.54) is 11.8 Å². The topological polar surface area (TPSA) is 147 Å². The highest BCUT2D eigenvalue weighted by atomic mass is 32.2. The van der Waals surface area contributed by atoms with E-state index in [0.29, 0.717) is 11.5 Å². The molecule has 0 heterocycles. The van der Waals surface area contributed by atoms with Crippen molar-refractivity contribution in [3.05, 3.63) is 0 Å². The average Bonchev–Trinajstić information content (AvgIpc) is 2.28. The molecule has 0 fully saturated rings. The molecule has 0 saturated heterocycles. The Morgan fingerprint density at radius 1 is 1.18 bits per heavy atom. The van der Waals surface area contributed by atoms with Crippen LogP contribution in [0.5, 0.6) is 0 Å². The van der Waals surface area contributed by atoms with Gasteiger partial charge in [-0.1, -0.05) is 0 Å². The third-order valence-electron chi connectivity index (χ3n) is 1.36. The van der Waals surface area contributed by atoms with E-state index >= 15 is 0 Å². The van der Waals surface area contributed by atoms with Crippen LogP contribution < -0.4 is 11.5 Å². The quantitative estimate of drug-likeness (QED) is 0.243. The Kier molecular flexibility index (Phi) is 13.3. The minimum absolute atomic E-state index is 0.0665. The van der Waals surface area contributed by atoms with Crippen LogP contribution in [-0.4, -0.2) is 63.2 Å². The minimum atomic E-state index is -1.00. The molecular weight excluding hydrogens is 268 g/mol. The van der Waals surface area contributed by atoms with Gasteiger partial charge in [0.25, 0.3) is 0 Å².